The third-order valence-electron chi connectivity index (χ3n) is 4.70. The molecule has 0 fully saturated rings. The van der Waals surface area contributed by atoms with Crippen LogP contribution in [0.4, 0.5) is 5.82 Å². The van der Waals surface area contributed by atoms with E-state index in [1.807, 2.05) is 4.52 Å². The van der Waals surface area contributed by atoms with Gasteiger partial charge in [0.15, 0.2) is 0 Å². The van der Waals surface area contributed by atoms with E-state index >= 15 is 0 Å². The fourth-order valence-electron chi connectivity index (χ4n) is 3.24. The zero-order valence-corrected chi connectivity index (χ0v) is 15.5. The molecule has 2 aromatic carbocycles. The van der Waals surface area contributed by atoms with Crippen LogP contribution in [0.25, 0.3) is 5.78 Å². The summed E-state index contributed by atoms with van der Waals surface area (Å²) in [5, 5.41) is 4.41. The van der Waals surface area contributed by atoms with Crippen molar-refractivity contribution in [1.29, 1.82) is 0 Å². The molecule has 0 spiro atoms. The largest absolute Gasteiger partial charge is 0.352 e. The van der Waals surface area contributed by atoms with Crippen LogP contribution in [0.5, 0.6) is 0 Å². The molecule has 2 aromatic heterocycles. The lowest BCUT2D eigenvalue weighted by Gasteiger charge is -2.25. The van der Waals surface area contributed by atoms with Crippen LogP contribution in [0.15, 0.2) is 73.1 Å². The topological polar surface area (TPSA) is 46.3 Å². The molecule has 2 heterocycles. The molecule has 0 amide bonds. The Morgan fingerprint density at radius 2 is 1.63 bits per heavy atom. The Labute approximate surface area is 159 Å². The Morgan fingerprint density at radius 3 is 2.33 bits per heavy atom. The Kier molecular flexibility index (Phi) is 5.10. The lowest BCUT2D eigenvalue weighted by Crippen LogP contribution is -2.28. The van der Waals surface area contributed by atoms with Crippen LogP contribution >= 0.6 is 0 Å². The summed E-state index contributed by atoms with van der Waals surface area (Å²) in [6, 6.07) is 23.3. The van der Waals surface area contributed by atoms with Gasteiger partial charge in [-0.15, -0.1) is 0 Å². The average molecular weight is 357 g/mol. The highest BCUT2D eigenvalue weighted by atomic mass is 15.4. The molecule has 0 saturated heterocycles. The van der Waals surface area contributed by atoms with E-state index in [9.17, 15) is 0 Å². The zero-order chi connectivity index (χ0) is 18.5. The van der Waals surface area contributed by atoms with Crippen LogP contribution < -0.4 is 4.90 Å². The van der Waals surface area contributed by atoms with E-state index in [1.165, 1.54) is 11.1 Å². The third-order valence-corrected chi connectivity index (χ3v) is 4.70. The molecule has 4 rings (SSSR count). The summed E-state index contributed by atoms with van der Waals surface area (Å²) >= 11 is 0. The number of rotatable bonds is 7. The van der Waals surface area contributed by atoms with Gasteiger partial charge in [0.05, 0.1) is 0 Å². The number of anilines is 1. The van der Waals surface area contributed by atoms with Crippen LogP contribution in [-0.2, 0) is 19.4 Å². The van der Waals surface area contributed by atoms with Gasteiger partial charge in [0.25, 0.3) is 5.78 Å². The molecule has 0 saturated carbocycles. The number of hydrogen-bond donors (Lipinski definition) is 0. The van der Waals surface area contributed by atoms with Crippen molar-refractivity contribution in [2.24, 2.45) is 0 Å². The van der Waals surface area contributed by atoms with Gasteiger partial charge in [-0.1, -0.05) is 67.6 Å². The predicted octanol–water partition coefficient (Wildman–Crippen LogP) is 3.94. The molecule has 5 nitrogen and oxygen atoms in total. The number of nitrogens with zero attached hydrogens (tertiary/aromatic N) is 5. The highest BCUT2D eigenvalue weighted by Gasteiger charge is 2.15. The minimum atomic E-state index is 0.655. The summed E-state index contributed by atoms with van der Waals surface area (Å²) in [7, 11) is 0. The van der Waals surface area contributed by atoms with Gasteiger partial charge in [-0.25, -0.2) is 4.98 Å². The van der Waals surface area contributed by atoms with Gasteiger partial charge >= 0.3 is 0 Å². The van der Waals surface area contributed by atoms with Crippen molar-refractivity contribution >= 4 is 11.6 Å². The molecule has 136 valence electrons. The smallest absolute Gasteiger partial charge is 0.254 e. The van der Waals surface area contributed by atoms with E-state index in [0.29, 0.717) is 5.78 Å². The fraction of sp³-hybridized carbons (Fsp3) is 0.227. The molecule has 4 aromatic rings. The normalized spacial score (nSPS) is 11.0. The van der Waals surface area contributed by atoms with Gasteiger partial charge in [-0.2, -0.15) is 14.6 Å². The Hall–Kier alpha value is -3.21. The standard InChI is InChI=1S/C22H23N5/c1-2-20-15-21(27-22(25-20)23-17-24-27)26(16-19-11-7-4-8-12-19)14-13-18-9-5-3-6-10-18/h3-12,15,17H,2,13-14,16H2,1H3. The molecule has 0 radical (unpaired) electrons. The predicted molar refractivity (Wildman–Crippen MR) is 108 cm³/mol. The van der Waals surface area contributed by atoms with E-state index in [4.69, 9.17) is 0 Å². The highest BCUT2D eigenvalue weighted by Crippen LogP contribution is 2.20. The molecule has 0 aliphatic rings. The molecule has 0 aliphatic carbocycles. The zero-order valence-electron chi connectivity index (χ0n) is 15.5. The first-order chi connectivity index (χ1) is 13.3. The van der Waals surface area contributed by atoms with Gasteiger partial charge in [-0.05, 0) is 24.0 Å². The minimum Gasteiger partial charge on any atom is -0.352 e. The second kappa shape index (κ2) is 7.99. The molecular formula is C22H23N5. The first-order valence-corrected chi connectivity index (χ1v) is 9.36. The quantitative estimate of drug-likeness (QED) is 0.503. The van der Waals surface area contributed by atoms with Crippen molar-refractivity contribution in [1.82, 2.24) is 19.6 Å². The monoisotopic (exact) mass is 357 g/mol. The summed E-state index contributed by atoms with van der Waals surface area (Å²) in [5.41, 5.74) is 3.63. The highest BCUT2D eigenvalue weighted by molar-refractivity contribution is 5.48. The maximum Gasteiger partial charge on any atom is 0.254 e. The second-order valence-electron chi connectivity index (χ2n) is 6.57. The summed E-state index contributed by atoms with van der Waals surface area (Å²) in [6.07, 6.45) is 3.41. The van der Waals surface area contributed by atoms with Gasteiger partial charge in [-0.3, -0.25) is 0 Å². The first-order valence-electron chi connectivity index (χ1n) is 9.36. The van der Waals surface area contributed by atoms with Crippen LogP contribution in [0.1, 0.15) is 23.7 Å². The van der Waals surface area contributed by atoms with E-state index in [0.717, 1.165) is 37.4 Å². The van der Waals surface area contributed by atoms with Crippen molar-refractivity contribution in [3.05, 3.63) is 89.9 Å². The van der Waals surface area contributed by atoms with Crippen LogP contribution in [0, 0.1) is 0 Å². The Bertz CT molecular complexity index is 995. The molecule has 0 unspecified atom stereocenters. The van der Waals surface area contributed by atoms with Gasteiger partial charge in [0.1, 0.15) is 12.1 Å². The van der Waals surface area contributed by atoms with Crippen molar-refractivity contribution in [3.8, 4) is 0 Å². The molecule has 0 bridgehead atoms. The molecule has 5 heteroatoms. The first kappa shape index (κ1) is 17.2. The number of aromatic nitrogens is 4. The summed E-state index contributed by atoms with van der Waals surface area (Å²) in [4.78, 5) is 11.3. The van der Waals surface area contributed by atoms with E-state index in [-0.39, 0.29) is 0 Å². The maximum absolute atomic E-state index is 4.58. The van der Waals surface area contributed by atoms with E-state index < -0.39 is 0 Å². The molecule has 0 N–H and O–H groups in total. The minimum absolute atomic E-state index is 0.655. The Morgan fingerprint density at radius 1 is 0.926 bits per heavy atom. The van der Waals surface area contributed by atoms with Crippen molar-refractivity contribution < 1.29 is 0 Å². The Balaban J connectivity index is 1.69. The van der Waals surface area contributed by atoms with Crippen molar-refractivity contribution in [2.45, 2.75) is 26.3 Å². The lowest BCUT2D eigenvalue weighted by atomic mass is 10.1. The summed E-state index contributed by atoms with van der Waals surface area (Å²) in [6.45, 7) is 3.82. The number of benzene rings is 2. The van der Waals surface area contributed by atoms with Gasteiger partial charge in [0, 0.05) is 24.8 Å². The van der Waals surface area contributed by atoms with Crippen LogP contribution in [-0.4, -0.2) is 26.1 Å². The maximum atomic E-state index is 4.58. The van der Waals surface area contributed by atoms with Gasteiger partial charge in [0.2, 0.25) is 0 Å². The summed E-state index contributed by atoms with van der Waals surface area (Å²) < 4.78 is 1.84. The summed E-state index contributed by atoms with van der Waals surface area (Å²) in [5.74, 6) is 1.69. The third kappa shape index (κ3) is 3.97. The molecular weight excluding hydrogens is 334 g/mol. The van der Waals surface area contributed by atoms with Crippen LogP contribution in [0.2, 0.25) is 0 Å². The molecule has 27 heavy (non-hydrogen) atoms. The van der Waals surface area contributed by atoms with Crippen molar-refractivity contribution in [3.63, 3.8) is 0 Å². The van der Waals surface area contributed by atoms with Gasteiger partial charge < -0.3 is 4.90 Å². The lowest BCUT2D eigenvalue weighted by molar-refractivity contribution is 0.738. The second-order valence-corrected chi connectivity index (χ2v) is 6.57. The fourth-order valence-corrected chi connectivity index (χ4v) is 3.24. The van der Waals surface area contributed by atoms with Crippen molar-refractivity contribution in [2.75, 3.05) is 11.4 Å². The number of fused-ring (bicyclic) bond motifs is 1. The van der Waals surface area contributed by atoms with E-state index in [2.05, 4.69) is 93.6 Å². The molecule has 0 atom stereocenters. The SMILES string of the molecule is CCc1cc(N(CCc2ccccc2)Cc2ccccc2)n2ncnc2n1. The van der Waals surface area contributed by atoms with E-state index in [1.54, 1.807) is 6.33 Å². The average Bonchev–Trinajstić information content (AvgIpc) is 3.20. The van der Waals surface area contributed by atoms with Crippen LogP contribution in [0.3, 0.4) is 0 Å². The molecule has 0 aliphatic heterocycles. The number of hydrogen-bond acceptors (Lipinski definition) is 4. The number of aryl methyl sites for hydroxylation is 1.